The zero-order chi connectivity index (χ0) is 16.2. The lowest BCUT2D eigenvalue weighted by atomic mass is 10.1. The number of nitrogens with zero attached hydrogens (tertiary/aromatic N) is 1. The molecule has 0 saturated carbocycles. The summed E-state index contributed by atoms with van der Waals surface area (Å²) in [7, 11) is 1.55. The SMILES string of the molecule is COc1ccc2c(COc3ccc(C#N)cc3)cc(=O)oc2c1. The smallest absolute Gasteiger partial charge is 0.336 e. The molecule has 0 N–H and O–H groups in total. The van der Waals surface area contributed by atoms with E-state index in [4.69, 9.17) is 19.2 Å². The zero-order valence-electron chi connectivity index (χ0n) is 12.4. The van der Waals surface area contributed by atoms with Crippen molar-refractivity contribution < 1.29 is 13.9 Å². The first-order chi connectivity index (χ1) is 11.2. The van der Waals surface area contributed by atoms with Crippen molar-refractivity contribution in [2.75, 3.05) is 7.11 Å². The Morgan fingerprint density at radius 3 is 2.52 bits per heavy atom. The number of hydrogen-bond acceptors (Lipinski definition) is 5. The quantitative estimate of drug-likeness (QED) is 0.692. The van der Waals surface area contributed by atoms with Crippen molar-refractivity contribution in [2.24, 2.45) is 0 Å². The minimum absolute atomic E-state index is 0.223. The van der Waals surface area contributed by atoms with Crippen LogP contribution in [0.3, 0.4) is 0 Å². The summed E-state index contributed by atoms with van der Waals surface area (Å²) in [6, 6.07) is 15.6. The monoisotopic (exact) mass is 307 g/mol. The molecule has 2 aromatic carbocycles. The molecule has 0 aliphatic carbocycles. The molecule has 3 rings (SSSR count). The molecule has 0 spiro atoms. The molecule has 0 radical (unpaired) electrons. The average molecular weight is 307 g/mol. The van der Waals surface area contributed by atoms with Crippen LogP contribution in [0.2, 0.25) is 0 Å². The van der Waals surface area contributed by atoms with Crippen LogP contribution in [0.15, 0.2) is 57.7 Å². The summed E-state index contributed by atoms with van der Waals surface area (Å²) in [4.78, 5) is 11.7. The van der Waals surface area contributed by atoms with Crippen LogP contribution in [0.5, 0.6) is 11.5 Å². The van der Waals surface area contributed by atoms with Gasteiger partial charge in [-0.1, -0.05) is 0 Å². The Labute approximate surface area is 132 Å². The first-order valence-electron chi connectivity index (χ1n) is 6.93. The van der Waals surface area contributed by atoms with Gasteiger partial charge in [0.15, 0.2) is 0 Å². The molecule has 5 heteroatoms. The molecule has 0 unspecified atom stereocenters. The number of benzene rings is 2. The highest BCUT2D eigenvalue weighted by Gasteiger charge is 2.08. The fourth-order valence-corrected chi connectivity index (χ4v) is 2.24. The first-order valence-corrected chi connectivity index (χ1v) is 6.93. The Bertz CT molecular complexity index is 936. The van der Waals surface area contributed by atoms with E-state index in [1.54, 1.807) is 43.5 Å². The van der Waals surface area contributed by atoms with Gasteiger partial charge >= 0.3 is 5.63 Å². The Kier molecular flexibility index (Phi) is 3.98. The fraction of sp³-hybridized carbons (Fsp3) is 0.111. The summed E-state index contributed by atoms with van der Waals surface area (Å²) >= 11 is 0. The van der Waals surface area contributed by atoms with Gasteiger partial charge in [-0.15, -0.1) is 0 Å². The number of rotatable bonds is 4. The Morgan fingerprint density at radius 2 is 1.83 bits per heavy atom. The van der Waals surface area contributed by atoms with Gasteiger partial charge in [0.25, 0.3) is 0 Å². The molecule has 1 aromatic heterocycles. The van der Waals surface area contributed by atoms with E-state index in [1.807, 2.05) is 12.1 Å². The topological polar surface area (TPSA) is 72.5 Å². The van der Waals surface area contributed by atoms with Crippen molar-refractivity contribution in [1.29, 1.82) is 5.26 Å². The number of ether oxygens (including phenoxy) is 2. The Hall–Kier alpha value is -3.26. The number of nitriles is 1. The lowest BCUT2D eigenvalue weighted by molar-refractivity contribution is 0.306. The second-order valence-corrected chi connectivity index (χ2v) is 4.88. The van der Waals surface area contributed by atoms with E-state index >= 15 is 0 Å². The Morgan fingerprint density at radius 1 is 1.09 bits per heavy atom. The summed E-state index contributed by atoms with van der Waals surface area (Å²) in [5, 5.41) is 9.57. The summed E-state index contributed by atoms with van der Waals surface area (Å²) < 4.78 is 16.0. The third-order valence-corrected chi connectivity index (χ3v) is 3.42. The lowest BCUT2D eigenvalue weighted by Crippen LogP contribution is -2.04. The van der Waals surface area contributed by atoms with E-state index in [2.05, 4.69) is 0 Å². The Balaban J connectivity index is 1.89. The van der Waals surface area contributed by atoms with Gasteiger partial charge in [-0.25, -0.2) is 4.79 Å². The van der Waals surface area contributed by atoms with Crippen molar-refractivity contribution in [3.05, 3.63) is 70.1 Å². The van der Waals surface area contributed by atoms with E-state index in [0.717, 1.165) is 10.9 Å². The molecule has 0 aliphatic heterocycles. The van der Waals surface area contributed by atoms with Crippen molar-refractivity contribution >= 4 is 11.0 Å². The van der Waals surface area contributed by atoms with Crippen molar-refractivity contribution in [1.82, 2.24) is 0 Å². The second kappa shape index (κ2) is 6.24. The van der Waals surface area contributed by atoms with E-state index in [0.29, 0.717) is 22.6 Å². The molecule has 0 amide bonds. The zero-order valence-corrected chi connectivity index (χ0v) is 12.4. The van der Waals surface area contributed by atoms with E-state index in [-0.39, 0.29) is 6.61 Å². The lowest BCUT2D eigenvalue weighted by Gasteiger charge is -2.09. The van der Waals surface area contributed by atoms with Gasteiger partial charge in [0.2, 0.25) is 0 Å². The number of fused-ring (bicyclic) bond motifs is 1. The second-order valence-electron chi connectivity index (χ2n) is 4.88. The van der Waals surface area contributed by atoms with Crippen LogP contribution in [0.4, 0.5) is 0 Å². The highest BCUT2D eigenvalue weighted by Crippen LogP contribution is 2.23. The highest BCUT2D eigenvalue weighted by molar-refractivity contribution is 5.81. The van der Waals surface area contributed by atoms with Crippen LogP contribution >= 0.6 is 0 Å². The molecular formula is C18H13NO4. The molecule has 5 nitrogen and oxygen atoms in total. The summed E-state index contributed by atoms with van der Waals surface area (Å²) in [5.74, 6) is 1.24. The molecule has 3 aromatic rings. The minimum atomic E-state index is -0.441. The number of hydrogen-bond donors (Lipinski definition) is 0. The molecular weight excluding hydrogens is 294 g/mol. The largest absolute Gasteiger partial charge is 0.497 e. The predicted molar refractivity (Wildman–Crippen MR) is 84.5 cm³/mol. The summed E-state index contributed by atoms with van der Waals surface area (Å²) in [6.45, 7) is 0.223. The van der Waals surface area contributed by atoms with Gasteiger partial charge in [0.05, 0.1) is 18.7 Å². The van der Waals surface area contributed by atoms with Crippen LogP contribution in [-0.4, -0.2) is 7.11 Å². The van der Waals surface area contributed by atoms with Crippen LogP contribution in [-0.2, 0) is 6.61 Å². The number of methoxy groups -OCH3 is 1. The standard InChI is InChI=1S/C18H13NO4/c1-21-15-6-7-16-13(8-18(20)23-17(16)9-15)11-22-14-4-2-12(10-19)3-5-14/h2-9H,11H2,1H3. The maximum atomic E-state index is 11.7. The van der Waals surface area contributed by atoms with Crippen molar-refractivity contribution in [2.45, 2.75) is 6.61 Å². The van der Waals surface area contributed by atoms with E-state index in [9.17, 15) is 4.79 Å². The molecule has 0 bridgehead atoms. The van der Waals surface area contributed by atoms with Crippen LogP contribution < -0.4 is 15.1 Å². The first kappa shape index (κ1) is 14.7. The summed E-state index contributed by atoms with van der Waals surface area (Å²) in [6.07, 6.45) is 0. The third-order valence-electron chi connectivity index (χ3n) is 3.42. The van der Waals surface area contributed by atoms with Gasteiger partial charge in [-0.3, -0.25) is 0 Å². The predicted octanol–water partition coefficient (Wildman–Crippen LogP) is 3.25. The average Bonchev–Trinajstić information content (AvgIpc) is 2.59. The molecule has 0 atom stereocenters. The van der Waals surface area contributed by atoms with Gasteiger partial charge in [-0.2, -0.15) is 5.26 Å². The molecule has 0 fully saturated rings. The molecule has 0 aliphatic rings. The molecule has 23 heavy (non-hydrogen) atoms. The normalized spacial score (nSPS) is 10.3. The molecule has 1 heterocycles. The maximum absolute atomic E-state index is 11.7. The van der Waals surface area contributed by atoms with E-state index < -0.39 is 5.63 Å². The fourth-order valence-electron chi connectivity index (χ4n) is 2.24. The van der Waals surface area contributed by atoms with Gasteiger partial charge < -0.3 is 13.9 Å². The van der Waals surface area contributed by atoms with Crippen molar-refractivity contribution in [3.63, 3.8) is 0 Å². The minimum Gasteiger partial charge on any atom is -0.497 e. The van der Waals surface area contributed by atoms with Gasteiger partial charge in [-0.05, 0) is 36.4 Å². The van der Waals surface area contributed by atoms with Crippen LogP contribution in [0, 0.1) is 11.3 Å². The van der Waals surface area contributed by atoms with E-state index in [1.165, 1.54) is 6.07 Å². The maximum Gasteiger partial charge on any atom is 0.336 e. The third kappa shape index (κ3) is 3.16. The van der Waals surface area contributed by atoms with Crippen LogP contribution in [0.25, 0.3) is 11.0 Å². The molecule has 114 valence electrons. The van der Waals surface area contributed by atoms with Crippen molar-refractivity contribution in [3.8, 4) is 17.6 Å². The summed E-state index contributed by atoms with van der Waals surface area (Å²) in [5.41, 5.74) is 1.30. The van der Waals surface area contributed by atoms with Crippen LogP contribution in [0.1, 0.15) is 11.1 Å². The van der Waals surface area contributed by atoms with Gasteiger partial charge in [0.1, 0.15) is 23.7 Å². The van der Waals surface area contributed by atoms with Gasteiger partial charge in [0, 0.05) is 23.1 Å². The highest BCUT2D eigenvalue weighted by atomic mass is 16.5. The molecule has 0 saturated heterocycles.